The van der Waals surface area contributed by atoms with Crippen molar-refractivity contribution >= 4 is 15.7 Å². The molecule has 0 saturated carbocycles. The smallest absolute Gasteiger partial charge is 0.235 e. The number of nitrogens with zero attached hydrogens (tertiary/aromatic N) is 1. The first-order valence-corrected chi connectivity index (χ1v) is 7.54. The summed E-state index contributed by atoms with van der Waals surface area (Å²) >= 11 is 0. The molecule has 1 aromatic carbocycles. The Morgan fingerprint density at radius 3 is 2.89 bits per heavy atom. The SMILES string of the molecule is NCCC#Cc1cccc(N2CCCS2(=O)=O)c1. The topological polar surface area (TPSA) is 63.4 Å². The van der Waals surface area contributed by atoms with Crippen LogP contribution in [0, 0.1) is 11.8 Å². The van der Waals surface area contributed by atoms with E-state index in [1.54, 1.807) is 6.07 Å². The number of rotatable bonds is 2. The zero-order chi connectivity index (χ0) is 13.0. The van der Waals surface area contributed by atoms with Crippen LogP contribution in [0.3, 0.4) is 0 Å². The van der Waals surface area contributed by atoms with Gasteiger partial charge in [-0.25, -0.2) is 8.42 Å². The highest BCUT2D eigenvalue weighted by Gasteiger charge is 2.28. The average Bonchev–Trinajstić information content (AvgIpc) is 2.70. The van der Waals surface area contributed by atoms with Gasteiger partial charge in [0.15, 0.2) is 0 Å². The van der Waals surface area contributed by atoms with Gasteiger partial charge in [-0.15, -0.1) is 0 Å². The highest BCUT2D eigenvalue weighted by molar-refractivity contribution is 7.93. The van der Waals surface area contributed by atoms with Crippen molar-refractivity contribution < 1.29 is 8.42 Å². The van der Waals surface area contributed by atoms with Gasteiger partial charge in [-0.2, -0.15) is 0 Å². The number of sulfonamides is 1. The lowest BCUT2D eigenvalue weighted by molar-refractivity contribution is 0.599. The van der Waals surface area contributed by atoms with Crippen molar-refractivity contribution in [3.05, 3.63) is 29.8 Å². The summed E-state index contributed by atoms with van der Waals surface area (Å²) in [4.78, 5) is 0. The maximum absolute atomic E-state index is 11.8. The van der Waals surface area contributed by atoms with Crippen LogP contribution in [0.25, 0.3) is 0 Å². The largest absolute Gasteiger partial charge is 0.330 e. The second-order valence-electron chi connectivity index (χ2n) is 4.13. The van der Waals surface area contributed by atoms with Gasteiger partial charge in [-0.05, 0) is 24.6 Å². The minimum absolute atomic E-state index is 0.232. The maximum Gasteiger partial charge on any atom is 0.235 e. The Balaban J connectivity index is 2.26. The Bertz CT molecular complexity index is 584. The highest BCUT2D eigenvalue weighted by Crippen LogP contribution is 2.24. The number of nitrogens with two attached hydrogens (primary N) is 1. The first-order chi connectivity index (χ1) is 8.63. The van der Waals surface area contributed by atoms with Gasteiger partial charge in [0.1, 0.15) is 0 Å². The Labute approximate surface area is 108 Å². The van der Waals surface area contributed by atoms with Crippen LogP contribution in [-0.4, -0.2) is 27.3 Å². The van der Waals surface area contributed by atoms with Crippen molar-refractivity contribution in [3.8, 4) is 11.8 Å². The summed E-state index contributed by atoms with van der Waals surface area (Å²) in [5.41, 5.74) is 6.89. The molecule has 1 fully saturated rings. The van der Waals surface area contributed by atoms with Crippen LogP contribution in [0.15, 0.2) is 24.3 Å². The molecule has 1 saturated heterocycles. The van der Waals surface area contributed by atoms with Crippen LogP contribution in [0.1, 0.15) is 18.4 Å². The lowest BCUT2D eigenvalue weighted by atomic mass is 10.2. The molecular weight excluding hydrogens is 248 g/mol. The van der Waals surface area contributed by atoms with Crippen LogP contribution in [0.5, 0.6) is 0 Å². The number of anilines is 1. The van der Waals surface area contributed by atoms with Gasteiger partial charge in [-0.3, -0.25) is 4.31 Å². The predicted octanol–water partition coefficient (Wildman–Crippen LogP) is 0.927. The van der Waals surface area contributed by atoms with Crippen LogP contribution >= 0.6 is 0 Å². The molecule has 2 rings (SSSR count). The highest BCUT2D eigenvalue weighted by atomic mass is 32.2. The van der Waals surface area contributed by atoms with Gasteiger partial charge in [0.2, 0.25) is 10.0 Å². The maximum atomic E-state index is 11.8. The molecule has 0 aromatic heterocycles. The fourth-order valence-electron chi connectivity index (χ4n) is 1.91. The summed E-state index contributed by atoms with van der Waals surface area (Å²) in [6.45, 7) is 1.09. The third-order valence-electron chi connectivity index (χ3n) is 2.74. The van der Waals surface area contributed by atoms with Gasteiger partial charge in [0.25, 0.3) is 0 Å². The van der Waals surface area contributed by atoms with Gasteiger partial charge in [0.05, 0.1) is 11.4 Å². The molecule has 0 spiro atoms. The fourth-order valence-corrected chi connectivity index (χ4v) is 3.46. The monoisotopic (exact) mass is 264 g/mol. The second-order valence-corrected chi connectivity index (χ2v) is 6.15. The third-order valence-corrected chi connectivity index (χ3v) is 4.61. The zero-order valence-electron chi connectivity index (χ0n) is 10.1. The predicted molar refractivity (Wildman–Crippen MR) is 72.7 cm³/mol. The van der Waals surface area contributed by atoms with Gasteiger partial charge in [0, 0.05) is 25.1 Å². The molecule has 1 heterocycles. The molecule has 96 valence electrons. The van der Waals surface area contributed by atoms with E-state index >= 15 is 0 Å². The zero-order valence-corrected chi connectivity index (χ0v) is 10.9. The Kier molecular flexibility index (Phi) is 3.90. The standard InChI is InChI=1S/C13H16N2O2S/c14-8-2-1-5-12-6-3-7-13(11-12)15-9-4-10-18(15,16)17/h3,6-7,11H,2,4,8-10,14H2. The summed E-state index contributed by atoms with van der Waals surface area (Å²) in [7, 11) is -3.12. The summed E-state index contributed by atoms with van der Waals surface area (Å²) in [5, 5.41) is 0. The molecule has 0 unspecified atom stereocenters. The lowest BCUT2D eigenvalue weighted by Gasteiger charge is -2.16. The average molecular weight is 264 g/mol. The van der Waals surface area contributed by atoms with E-state index in [0.717, 1.165) is 5.56 Å². The second kappa shape index (κ2) is 5.42. The van der Waals surface area contributed by atoms with E-state index in [2.05, 4.69) is 11.8 Å². The van der Waals surface area contributed by atoms with Crippen LogP contribution < -0.4 is 10.0 Å². The van der Waals surface area contributed by atoms with E-state index in [9.17, 15) is 8.42 Å². The van der Waals surface area contributed by atoms with Gasteiger partial charge < -0.3 is 5.73 Å². The minimum atomic E-state index is -3.12. The van der Waals surface area contributed by atoms with E-state index < -0.39 is 10.0 Å². The molecule has 5 heteroatoms. The molecule has 1 aliphatic heterocycles. The Hall–Kier alpha value is -1.51. The molecule has 4 nitrogen and oxygen atoms in total. The van der Waals surface area contributed by atoms with Crippen LogP contribution in [0.2, 0.25) is 0 Å². The fraction of sp³-hybridized carbons (Fsp3) is 0.385. The number of benzene rings is 1. The van der Waals surface area contributed by atoms with Crippen molar-refractivity contribution in [2.24, 2.45) is 5.73 Å². The van der Waals surface area contributed by atoms with E-state index in [-0.39, 0.29) is 5.75 Å². The lowest BCUT2D eigenvalue weighted by Crippen LogP contribution is -2.24. The minimum Gasteiger partial charge on any atom is -0.330 e. The molecule has 0 radical (unpaired) electrons. The van der Waals surface area contributed by atoms with Gasteiger partial charge >= 0.3 is 0 Å². The van der Waals surface area contributed by atoms with Crippen LogP contribution in [0.4, 0.5) is 5.69 Å². The molecular formula is C13H16N2O2S. The number of hydrogen-bond acceptors (Lipinski definition) is 3. The molecule has 0 aliphatic carbocycles. The van der Waals surface area contributed by atoms with Crippen molar-refractivity contribution in [1.29, 1.82) is 0 Å². The molecule has 0 bridgehead atoms. The number of hydrogen-bond donors (Lipinski definition) is 1. The van der Waals surface area contributed by atoms with E-state index in [1.165, 1.54) is 4.31 Å². The normalized spacial score (nSPS) is 17.3. The van der Waals surface area contributed by atoms with Crippen molar-refractivity contribution in [2.45, 2.75) is 12.8 Å². The molecule has 18 heavy (non-hydrogen) atoms. The quantitative estimate of drug-likeness (QED) is 0.808. The van der Waals surface area contributed by atoms with Crippen molar-refractivity contribution in [3.63, 3.8) is 0 Å². The van der Waals surface area contributed by atoms with Gasteiger partial charge in [-0.1, -0.05) is 17.9 Å². The van der Waals surface area contributed by atoms with E-state index in [0.29, 0.717) is 31.6 Å². The Morgan fingerprint density at radius 1 is 1.39 bits per heavy atom. The summed E-state index contributed by atoms with van der Waals surface area (Å²) < 4.78 is 25.1. The summed E-state index contributed by atoms with van der Waals surface area (Å²) in [6.07, 6.45) is 1.33. The first kappa shape index (κ1) is 12.9. The van der Waals surface area contributed by atoms with Crippen molar-refractivity contribution in [2.75, 3.05) is 23.1 Å². The third kappa shape index (κ3) is 2.84. The van der Waals surface area contributed by atoms with Crippen LogP contribution in [-0.2, 0) is 10.0 Å². The molecule has 1 aromatic rings. The van der Waals surface area contributed by atoms with E-state index in [4.69, 9.17) is 5.73 Å². The molecule has 1 aliphatic rings. The summed E-state index contributed by atoms with van der Waals surface area (Å²) in [6, 6.07) is 7.31. The Morgan fingerprint density at radius 2 is 2.22 bits per heavy atom. The summed E-state index contributed by atoms with van der Waals surface area (Å²) in [5.74, 6) is 6.16. The molecule has 0 amide bonds. The molecule has 2 N–H and O–H groups in total. The first-order valence-electron chi connectivity index (χ1n) is 5.93. The van der Waals surface area contributed by atoms with Crippen molar-refractivity contribution in [1.82, 2.24) is 0 Å². The molecule has 0 atom stereocenters. The van der Waals surface area contributed by atoms with E-state index in [1.807, 2.05) is 18.2 Å².